The molecule has 0 aliphatic rings. The zero-order valence-electron chi connectivity index (χ0n) is 14.6. The van der Waals surface area contributed by atoms with E-state index in [1.165, 1.54) is 56.4 Å². The summed E-state index contributed by atoms with van der Waals surface area (Å²) in [4.78, 5) is 0. The summed E-state index contributed by atoms with van der Waals surface area (Å²) in [7, 11) is -2.23. The molecular formula is C16H35NO5P+. The molecule has 0 aromatic carbocycles. The van der Waals surface area contributed by atoms with Gasteiger partial charge in [-0.3, -0.25) is 0 Å². The molecule has 0 aromatic rings. The highest BCUT2D eigenvalue weighted by Gasteiger charge is 2.25. The van der Waals surface area contributed by atoms with Crippen molar-refractivity contribution in [3.63, 3.8) is 0 Å². The first-order valence-corrected chi connectivity index (χ1v) is 10.1. The summed E-state index contributed by atoms with van der Waals surface area (Å²) in [5.41, 5.74) is 0. The van der Waals surface area contributed by atoms with Gasteiger partial charge in [-0.1, -0.05) is 64.7 Å². The van der Waals surface area contributed by atoms with E-state index >= 15 is 0 Å². The SMILES string of the molecule is CCCCCCCCCCCCO[P+](=O)ON(CCO)CCO. The van der Waals surface area contributed by atoms with E-state index in [1.807, 2.05) is 0 Å². The Hall–Kier alpha value is -0.100. The minimum absolute atomic E-state index is 0.123. The second-order valence-electron chi connectivity index (χ2n) is 5.70. The van der Waals surface area contributed by atoms with Gasteiger partial charge in [-0.05, 0) is 11.0 Å². The molecule has 0 aliphatic carbocycles. The molecular weight excluding hydrogens is 317 g/mol. The lowest BCUT2D eigenvalue weighted by molar-refractivity contribution is -0.0804. The molecule has 0 radical (unpaired) electrons. The Morgan fingerprint density at radius 1 is 0.826 bits per heavy atom. The van der Waals surface area contributed by atoms with Crippen LogP contribution in [0.25, 0.3) is 0 Å². The van der Waals surface area contributed by atoms with Crippen LogP contribution in [0.1, 0.15) is 71.1 Å². The number of nitrogens with zero attached hydrogens (tertiary/aromatic N) is 1. The molecule has 23 heavy (non-hydrogen) atoms. The largest absolute Gasteiger partial charge is 0.716 e. The first-order valence-electron chi connectivity index (χ1n) is 8.99. The van der Waals surface area contributed by atoms with Crippen molar-refractivity contribution in [1.82, 2.24) is 5.06 Å². The number of hydrogen-bond acceptors (Lipinski definition) is 6. The van der Waals surface area contributed by atoms with Crippen molar-refractivity contribution in [3.8, 4) is 0 Å². The van der Waals surface area contributed by atoms with Gasteiger partial charge in [-0.15, -0.1) is 9.59 Å². The fraction of sp³-hybridized carbons (Fsp3) is 1.00. The molecule has 0 heterocycles. The lowest BCUT2D eigenvalue weighted by Gasteiger charge is -2.10. The maximum Gasteiger partial charge on any atom is 0.716 e. The number of rotatable bonds is 18. The molecule has 138 valence electrons. The van der Waals surface area contributed by atoms with E-state index in [4.69, 9.17) is 19.4 Å². The molecule has 0 spiro atoms. The van der Waals surface area contributed by atoms with Gasteiger partial charge in [0, 0.05) is 4.57 Å². The van der Waals surface area contributed by atoms with E-state index in [-0.39, 0.29) is 26.3 Å². The van der Waals surface area contributed by atoms with Gasteiger partial charge in [0.05, 0.1) is 26.3 Å². The summed E-state index contributed by atoms with van der Waals surface area (Å²) < 4.78 is 21.7. The zero-order chi connectivity index (χ0) is 17.2. The lowest BCUT2D eigenvalue weighted by Crippen LogP contribution is -2.28. The normalized spacial score (nSPS) is 12.1. The zero-order valence-corrected chi connectivity index (χ0v) is 15.5. The lowest BCUT2D eigenvalue weighted by atomic mass is 10.1. The van der Waals surface area contributed by atoms with Gasteiger partial charge in [-0.25, -0.2) is 0 Å². The van der Waals surface area contributed by atoms with Crippen molar-refractivity contribution >= 4 is 8.25 Å². The summed E-state index contributed by atoms with van der Waals surface area (Å²) in [5.74, 6) is 0. The molecule has 0 fully saturated rings. The van der Waals surface area contributed by atoms with Crippen LogP contribution in [0.4, 0.5) is 0 Å². The van der Waals surface area contributed by atoms with Crippen LogP contribution >= 0.6 is 8.25 Å². The maximum absolute atomic E-state index is 11.6. The van der Waals surface area contributed by atoms with Crippen molar-refractivity contribution < 1.29 is 23.9 Å². The van der Waals surface area contributed by atoms with E-state index in [9.17, 15) is 4.57 Å². The van der Waals surface area contributed by atoms with Gasteiger partial charge >= 0.3 is 8.25 Å². The summed E-state index contributed by atoms with van der Waals surface area (Å²) >= 11 is 0. The van der Waals surface area contributed by atoms with Gasteiger partial charge in [0.2, 0.25) is 0 Å². The van der Waals surface area contributed by atoms with Crippen molar-refractivity contribution in [1.29, 1.82) is 0 Å². The molecule has 0 bridgehead atoms. The highest BCUT2D eigenvalue weighted by molar-refractivity contribution is 7.33. The third-order valence-electron chi connectivity index (χ3n) is 3.58. The molecule has 0 aliphatic heterocycles. The van der Waals surface area contributed by atoms with Crippen LogP contribution in [0.15, 0.2) is 0 Å². The molecule has 1 unspecified atom stereocenters. The topological polar surface area (TPSA) is 79.2 Å². The highest BCUT2D eigenvalue weighted by atomic mass is 31.1. The number of hydroxylamine groups is 2. The molecule has 0 amide bonds. The Kier molecular flexibility index (Phi) is 18.2. The summed E-state index contributed by atoms with van der Waals surface area (Å²) in [6.07, 6.45) is 12.4. The van der Waals surface area contributed by atoms with Crippen molar-refractivity contribution in [2.24, 2.45) is 0 Å². The first-order chi connectivity index (χ1) is 11.2. The van der Waals surface area contributed by atoms with E-state index < -0.39 is 8.25 Å². The third kappa shape index (κ3) is 16.5. The fourth-order valence-corrected chi connectivity index (χ4v) is 2.94. The number of aliphatic hydroxyl groups is 2. The average molecular weight is 352 g/mol. The van der Waals surface area contributed by atoms with Crippen LogP contribution in [0.5, 0.6) is 0 Å². The quantitative estimate of drug-likeness (QED) is 0.222. The van der Waals surface area contributed by atoms with E-state index in [2.05, 4.69) is 6.92 Å². The molecule has 1 atom stereocenters. The van der Waals surface area contributed by atoms with Crippen molar-refractivity contribution in [2.45, 2.75) is 71.1 Å². The third-order valence-corrected chi connectivity index (χ3v) is 4.33. The number of hydrogen-bond donors (Lipinski definition) is 2. The number of unbranched alkanes of at least 4 members (excludes halogenated alkanes) is 9. The molecule has 0 aromatic heterocycles. The van der Waals surface area contributed by atoms with Crippen LogP contribution in [0.3, 0.4) is 0 Å². The molecule has 0 saturated carbocycles. The van der Waals surface area contributed by atoms with Crippen molar-refractivity contribution in [3.05, 3.63) is 0 Å². The minimum atomic E-state index is -2.23. The standard InChI is InChI=1S/C16H35NO5P/c1-2-3-4-5-6-7-8-9-10-11-16-21-23(20)22-17(12-14-18)13-15-19/h18-19H,2-16H2,1H3/q+1. The van der Waals surface area contributed by atoms with Crippen LogP contribution in [-0.4, -0.2) is 48.2 Å². The molecule has 6 nitrogen and oxygen atoms in total. The van der Waals surface area contributed by atoms with Gasteiger partial charge in [-0.2, -0.15) is 0 Å². The summed E-state index contributed by atoms with van der Waals surface area (Å²) in [6, 6.07) is 0. The maximum atomic E-state index is 11.6. The van der Waals surface area contributed by atoms with E-state index in [1.54, 1.807) is 0 Å². The summed E-state index contributed by atoms with van der Waals surface area (Å²) in [5, 5.41) is 18.9. The fourth-order valence-electron chi connectivity index (χ4n) is 2.26. The Bertz CT molecular complexity index is 263. The molecule has 7 heteroatoms. The summed E-state index contributed by atoms with van der Waals surface area (Å²) in [6.45, 7) is 2.80. The Morgan fingerprint density at radius 3 is 1.78 bits per heavy atom. The first kappa shape index (κ1) is 22.9. The minimum Gasteiger partial charge on any atom is -0.395 e. The van der Waals surface area contributed by atoms with E-state index in [0.717, 1.165) is 12.8 Å². The smallest absolute Gasteiger partial charge is 0.395 e. The van der Waals surface area contributed by atoms with Gasteiger partial charge in [0.25, 0.3) is 0 Å². The van der Waals surface area contributed by atoms with Crippen LogP contribution in [0, 0.1) is 0 Å². The van der Waals surface area contributed by atoms with Crippen LogP contribution < -0.4 is 0 Å². The van der Waals surface area contributed by atoms with Crippen LogP contribution in [0.2, 0.25) is 0 Å². The number of aliphatic hydroxyl groups excluding tert-OH is 2. The molecule has 2 N–H and O–H groups in total. The van der Waals surface area contributed by atoms with Crippen molar-refractivity contribution in [2.75, 3.05) is 32.9 Å². The Labute approximate surface area is 142 Å². The van der Waals surface area contributed by atoms with Gasteiger partial charge in [0.1, 0.15) is 6.61 Å². The predicted molar refractivity (Wildman–Crippen MR) is 92.2 cm³/mol. The molecule has 0 rings (SSSR count). The van der Waals surface area contributed by atoms with Gasteiger partial charge < -0.3 is 10.2 Å². The highest BCUT2D eigenvalue weighted by Crippen LogP contribution is 2.25. The Morgan fingerprint density at radius 2 is 1.30 bits per heavy atom. The van der Waals surface area contributed by atoms with Crippen LogP contribution in [-0.2, 0) is 13.7 Å². The van der Waals surface area contributed by atoms with E-state index in [0.29, 0.717) is 6.61 Å². The predicted octanol–water partition coefficient (Wildman–Crippen LogP) is 3.80. The average Bonchev–Trinajstić information content (AvgIpc) is 2.53. The molecule has 0 saturated heterocycles. The van der Waals surface area contributed by atoms with Gasteiger partial charge in [0.15, 0.2) is 0 Å². The second-order valence-corrected chi connectivity index (χ2v) is 6.57. The Balaban J connectivity index is 3.37. The second kappa shape index (κ2) is 18.2. The monoisotopic (exact) mass is 352 g/mol.